The summed E-state index contributed by atoms with van der Waals surface area (Å²) in [6.07, 6.45) is -3.57. The molecule has 1 aliphatic heterocycles. The Morgan fingerprint density at radius 3 is 2.51 bits per heavy atom. The molecular formula is C23H18Cl2F3N3O3S. The zero-order valence-electron chi connectivity index (χ0n) is 18.1. The Morgan fingerprint density at radius 2 is 1.86 bits per heavy atom. The van der Waals surface area contributed by atoms with Crippen LogP contribution in [0.5, 0.6) is 0 Å². The quantitative estimate of drug-likeness (QED) is 0.356. The van der Waals surface area contributed by atoms with Gasteiger partial charge in [-0.25, -0.2) is 0 Å². The molecule has 1 aromatic heterocycles. The van der Waals surface area contributed by atoms with E-state index in [0.29, 0.717) is 22.6 Å². The van der Waals surface area contributed by atoms with Crippen molar-refractivity contribution in [3.05, 3.63) is 54.7 Å². The first-order valence-electron chi connectivity index (χ1n) is 10.7. The first-order valence-corrected chi connectivity index (χ1v) is 12.2. The number of ketones is 1. The van der Waals surface area contributed by atoms with Gasteiger partial charge in [-0.2, -0.15) is 18.4 Å². The molecule has 0 radical (unpaired) electrons. The van der Waals surface area contributed by atoms with E-state index in [1.165, 1.54) is 6.07 Å². The maximum Gasteiger partial charge on any atom is 0.435 e. The highest BCUT2D eigenvalue weighted by molar-refractivity contribution is 7.16. The van der Waals surface area contributed by atoms with E-state index in [-0.39, 0.29) is 46.5 Å². The number of hydrogen-bond acceptors (Lipinski definition) is 6. The molecule has 6 nitrogen and oxygen atoms in total. The van der Waals surface area contributed by atoms with Crippen LogP contribution < -0.4 is 5.32 Å². The second-order valence-electron chi connectivity index (χ2n) is 8.22. The molecular weight excluding hydrogens is 526 g/mol. The predicted molar refractivity (Wildman–Crippen MR) is 125 cm³/mol. The molecule has 0 spiro atoms. The number of thiophene rings is 1. The SMILES string of the molecule is N#CCNC(=O)CCC(=O)c1sc(C2=NOC(c3cc(Cl)cc(Cl)c3)(C(F)(F)F)C2)c2c1CCC2. The fourth-order valence-corrected chi connectivity index (χ4v) is 6.18. The summed E-state index contributed by atoms with van der Waals surface area (Å²) in [6, 6.07) is 5.43. The molecule has 184 valence electrons. The maximum absolute atomic E-state index is 14.3. The van der Waals surface area contributed by atoms with Gasteiger partial charge in [0.25, 0.3) is 5.60 Å². The smallest absolute Gasteiger partial charge is 0.374 e. The van der Waals surface area contributed by atoms with Crippen LogP contribution in [-0.2, 0) is 28.1 Å². The average molecular weight is 544 g/mol. The van der Waals surface area contributed by atoms with E-state index in [1.54, 1.807) is 6.07 Å². The summed E-state index contributed by atoms with van der Waals surface area (Å²) >= 11 is 13.0. The maximum atomic E-state index is 14.3. The zero-order chi connectivity index (χ0) is 25.4. The minimum absolute atomic E-state index is 0.0388. The zero-order valence-corrected chi connectivity index (χ0v) is 20.4. The monoisotopic (exact) mass is 543 g/mol. The Morgan fingerprint density at radius 1 is 1.17 bits per heavy atom. The number of nitrogens with zero attached hydrogens (tertiary/aromatic N) is 2. The number of hydrogen-bond donors (Lipinski definition) is 1. The van der Waals surface area contributed by atoms with Gasteiger partial charge in [0, 0.05) is 28.5 Å². The molecule has 1 amide bonds. The number of Topliss-reactive ketones (excluding diaryl/α,β-unsaturated/α-hetero) is 1. The average Bonchev–Trinajstić information content (AvgIpc) is 3.50. The van der Waals surface area contributed by atoms with Crippen molar-refractivity contribution in [3.63, 3.8) is 0 Å². The molecule has 0 saturated carbocycles. The number of rotatable bonds is 7. The van der Waals surface area contributed by atoms with E-state index in [2.05, 4.69) is 10.5 Å². The van der Waals surface area contributed by atoms with Crippen LogP contribution in [0.25, 0.3) is 0 Å². The van der Waals surface area contributed by atoms with Crippen molar-refractivity contribution >= 4 is 51.9 Å². The molecule has 1 unspecified atom stereocenters. The lowest BCUT2D eigenvalue weighted by atomic mass is 9.87. The van der Waals surface area contributed by atoms with Crippen LogP contribution in [0.4, 0.5) is 13.2 Å². The highest BCUT2D eigenvalue weighted by Gasteiger charge is 2.62. The van der Waals surface area contributed by atoms with E-state index in [1.807, 2.05) is 0 Å². The third-order valence-corrected chi connectivity index (χ3v) is 7.74. The largest absolute Gasteiger partial charge is 0.435 e. The third-order valence-electron chi connectivity index (χ3n) is 5.94. The van der Waals surface area contributed by atoms with Gasteiger partial charge in [0.2, 0.25) is 5.91 Å². The second kappa shape index (κ2) is 9.80. The molecule has 1 atom stereocenters. The Hall–Kier alpha value is -2.61. The van der Waals surface area contributed by atoms with E-state index in [0.717, 1.165) is 41.0 Å². The number of amides is 1. The van der Waals surface area contributed by atoms with Gasteiger partial charge in [-0.05, 0) is 48.6 Å². The number of carbonyl (C=O) groups is 2. The lowest BCUT2D eigenvalue weighted by molar-refractivity contribution is -0.275. The minimum atomic E-state index is -4.82. The van der Waals surface area contributed by atoms with Crippen LogP contribution in [-0.4, -0.2) is 30.1 Å². The lowest BCUT2D eigenvalue weighted by Gasteiger charge is -2.29. The highest BCUT2D eigenvalue weighted by atomic mass is 35.5. The topological polar surface area (TPSA) is 91.6 Å². The highest BCUT2D eigenvalue weighted by Crippen LogP contribution is 2.51. The minimum Gasteiger partial charge on any atom is -0.374 e. The Bertz CT molecular complexity index is 1250. The van der Waals surface area contributed by atoms with Crippen molar-refractivity contribution in [3.8, 4) is 6.07 Å². The van der Waals surface area contributed by atoms with Gasteiger partial charge in [-0.3, -0.25) is 9.59 Å². The van der Waals surface area contributed by atoms with Crippen LogP contribution >= 0.6 is 34.5 Å². The van der Waals surface area contributed by atoms with Crippen molar-refractivity contribution < 1.29 is 27.6 Å². The number of halogens is 5. The summed E-state index contributed by atoms with van der Waals surface area (Å²) in [5.74, 6) is -0.688. The first kappa shape index (κ1) is 25.5. The van der Waals surface area contributed by atoms with E-state index >= 15 is 0 Å². The van der Waals surface area contributed by atoms with Gasteiger partial charge in [0.05, 0.1) is 22.2 Å². The van der Waals surface area contributed by atoms with Gasteiger partial charge in [-0.15, -0.1) is 11.3 Å². The molecule has 2 aliphatic rings. The Balaban J connectivity index is 1.62. The van der Waals surface area contributed by atoms with Crippen LogP contribution in [0.1, 0.15) is 56.9 Å². The van der Waals surface area contributed by atoms with Gasteiger partial charge in [-0.1, -0.05) is 28.4 Å². The molecule has 0 bridgehead atoms. The van der Waals surface area contributed by atoms with E-state index < -0.39 is 24.1 Å². The van der Waals surface area contributed by atoms with Crippen molar-refractivity contribution in [1.29, 1.82) is 5.26 Å². The Labute approximate surface area is 212 Å². The summed E-state index contributed by atoms with van der Waals surface area (Å²) in [4.78, 5) is 30.7. The first-order chi connectivity index (χ1) is 16.6. The van der Waals surface area contributed by atoms with E-state index in [9.17, 15) is 22.8 Å². The summed E-state index contributed by atoms with van der Waals surface area (Å²) in [6.45, 7) is -0.149. The second-order valence-corrected chi connectivity index (χ2v) is 10.1. The van der Waals surface area contributed by atoms with Crippen molar-refractivity contribution in [2.45, 2.75) is 50.3 Å². The number of fused-ring (bicyclic) bond motifs is 1. The predicted octanol–water partition coefficient (Wildman–Crippen LogP) is 5.73. The number of alkyl halides is 3. The molecule has 1 aliphatic carbocycles. The van der Waals surface area contributed by atoms with Gasteiger partial charge in [0.15, 0.2) is 5.78 Å². The molecule has 35 heavy (non-hydrogen) atoms. The standard InChI is InChI=1S/C23H18Cl2F3N3O3S/c24-13-8-12(9-14(25)10-13)22(23(26,27)28)11-17(31-34-22)20-15-2-1-3-16(15)21(35-20)18(32)4-5-19(33)30-7-6-29/h8-10H,1-5,7,11H2,(H,30,33). The lowest BCUT2D eigenvalue weighted by Crippen LogP contribution is -2.42. The van der Waals surface area contributed by atoms with E-state index in [4.69, 9.17) is 33.3 Å². The molecule has 0 fully saturated rings. The van der Waals surface area contributed by atoms with Crippen molar-refractivity contribution in [2.24, 2.45) is 5.16 Å². The van der Waals surface area contributed by atoms with Crippen LogP contribution in [0.3, 0.4) is 0 Å². The van der Waals surface area contributed by atoms with Crippen molar-refractivity contribution in [1.82, 2.24) is 5.32 Å². The number of nitrogens with one attached hydrogen (secondary N) is 1. The molecule has 4 rings (SSSR count). The summed E-state index contributed by atoms with van der Waals surface area (Å²) in [5.41, 5.74) is -1.31. The molecule has 12 heteroatoms. The summed E-state index contributed by atoms with van der Waals surface area (Å²) < 4.78 is 43.0. The normalized spacial score (nSPS) is 19.0. The fraction of sp³-hybridized carbons (Fsp3) is 0.391. The fourth-order valence-electron chi connectivity index (χ4n) is 4.31. The number of oxime groups is 1. The summed E-state index contributed by atoms with van der Waals surface area (Å²) in [7, 11) is 0. The van der Waals surface area contributed by atoms with Gasteiger partial charge in [0.1, 0.15) is 12.3 Å². The van der Waals surface area contributed by atoms with Gasteiger partial charge < -0.3 is 10.2 Å². The molecule has 1 N–H and O–H groups in total. The van der Waals surface area contributed by atoms with Crippen LogP contribution in [0, 0.1) is 11.3 Å². The molecule has 2 aromatic rings. The number of nitriles is 1. The third kappa shape index (κ3) is 4.90. The van der Waals surface area contributed by atoms with Crippen LogP contribution in [0.15, 0.2) is 23.4 Å². The van der Waals surface area contributed by atoms with Crippen LogP contribution in [0.2, 0.25) is 10.0 Å². The number of carbonyl (C=O) groups excluding carboxylic acids is 2. The van der Waals surface area contributed by atoms with Crippen molar-refractivity contribution in [2.75, 3.05) is 6.54 Å². The molecule has 1 aromatic carbocycles. The Kier molecular flexibility index (Phi) is 7.13. The van der Waals surface area contributed by atoms with Gasteiger partial charge >= 0.3 is 6.18 Å². The molecule has 0 saturated heterocycles. The number of benzene rings is 1. The summed E-state index contributed by atoms with van der Waals surface area (Å²) in [5, 5.41) is 14.8. The molecule has 2 heterocycles.